The molecule has 0 unspecified atom stereocenters. The van der Waals surface area contributed by atoms with E-state index in [9.17, 15) is 4.79 Å². The van der Waals surface area contributed by atoms with Crippen LogP contribution in [0.4, 0.5) is 0 Å². The van der Waals surface area contributed by atoms with Crippen molar-refractivity contribution in [3.8, 4) is 0 Å². The van der Waals surface area contributed by atoms with Crippen LogP contribution in [0.15, 0.2) is 11.6 Å². The average molecular weight is 126 g/mol. The molecule has 1 heteroatoms. The van der Waals surface area contributed by atoms with Crippen LogP contribution in [0.2, 0.25) is 0 Å². The highest BCUT2D eigenvalue weighted by Crippen LogP contribution is 2.03. The summed E-state index contributed by atoms with van der Waals surface area (Å²) in [7, 11) is 0. The Morgan fingerprint density at radius 1 is 1.56 bits per heavy atom. The summed E-state index contributed by atoms with van der Waals surface area (Å²) in [6, 6.07) is 0. The van der Waals surface area contributed by atoms with Crippen LogP contribution >= 0.6 is 0 Å². The standard InChI is InChI=1S/C8H14O/c1-3-4-5-8(2)6-7-9/h6-7H,3-5H2,1-2H3/b8-6+. The van der Waals surface area contributed by atoms with E-state index >= 15 is 0 Å². The van der Waals surface area contributed by atoms with Gasteiger partial charge < -0.3 is 0 Å². The van der Waals surface area contributed by atoms with Gasteiger partial charge in [-0.2, -0.15) is 0 Å². The number of rotatable bonds is 4. The van der Waals surface area contributed by atoms with Crippen LogP contribution in [0, 0.1) is 0 Å². The Morgan fingerprint density at radius 3 is 2.67 bits per heavy atom. The summed E-state index contributed by atoms with van der Waals surface area (Å²) in [5, 5.41) is 0. The Balaban J connectivity index is 3.36. The molecule has 9 heavy (non-hydrogen) atoms. The second kappa shape index (κ2) is 5.54. The molecule has 0 rings (SSSR count). The van der Waals surface area contributed by atoms with E-state index in [0.29, 0.717) is 0 Å². The molecule has 0 aliphatic rings. The van der Waals surface area contributed by atoms with Gasteiger partial charge in [0.05, 0.1) is 0 Å². The number of carbonyl (C=O) groups is 1. The highest BCUT2D eigenvalue weighted by molar-refractivity contribution is 5.65. The van der Waals surface area contributed by atoms with E-state index in [1.54, 1.807) is 6.08 Å². The SMILES string of the molecule is CCCC/C(C)=C/C=O. The predicted octanol–water partition coefficient (Wildman–Crippen LogP) is 2.32. The van der Waals surface area contributed by atoms with Crippen LogP contribution in [0.25, 0.3) is 0 Å². The number of aldehydes is 1. The van der Waals surface area contributed by atoms with E-state index in [-0.39, 0.29) is 0 Å². The maximum atomic E-state index is 9.90. The molecule has 0 bridgehead atoms. The van der Waals surface area contributed by atoms with Crippen molar-refractivity contribution in [2.45, 2.75) is 33.1 Å². The quantitative estimate of drug-likeness (QED) is 0.417. The van der Waals surface area contributed by atoms with Crippen molar-refractivity contribution in [1.29, 1.82) is 0 Å². The monoisotopic (exact) mass is 126 g/mol. The van der Waals surface area contributed by atoms with E-state index in [1.165, 1.54) is 18.4 Å². The van der Waals surface area contributed by atoms with E-state index < -0.39 is 0 Å². The molecule has 0 saturated heterocycles. The van der Waals surface area contributed by atoms with Crippen molar-refractivity contribution in [3.05, 3.63) is 11.6 Å². The Labute approximate surface area is 56.8 Å². The molecule has 0 radical (unpaired) electrons. The Bertz CT molecular complexity index is 103. The lowest BCUT2D eigenvalue weighted by molar-refractivity contribution is -0.104. The zero-order valence-corrected chi connectivity index (χ0v) is 6.18. The fourth-order valence-corrected chi connectivity index (χ4v) is 0.655. The van der Waals surface area contributed by atoms with E-state index in [2.05, 4.69) is 6.92 Å². The second-order valence-corrected chi connectivity index (χ2v) is 2.25. The number of unbranched alkanes of at least 4 members (excludes halogenated alkanes) is 1. The topological polar surface area (TPSA) is 17.1 Å². The third-order valence-corrected chi connectivity index (χ3v) is 1.28. The van der Waals surface area contributed by atoms with Gasteiger partial charge in [0.2, 0.25) is 0 Å². The third-order valence-electron chi connectivity index (χ3n) is 1.28. The van der Waals surface area contributed by atoms with Gasteiger partial charge in [-0.05, 0) is 25.8 Å². The van der Waals surface area contributed by atoms with Crippen LogP contribution in [-0.2, 0) is 4.79 Å². The lowest BCUT2D eigenvalue weighted by atomic mass is 10.1. The highest BCUT2D eigenvalue weighted by Gasteiger charge is 1.85. The molecule has 0 atom stereocenters. The van der Waals surface area contributed by atoms with Gasteiger partial charge in [0.15, 0.2) is 0 Å². The predicted molar refractivity (Wildman–Crippen MR) is 39.3 cm³/mol. The largest absolute Gasteiger partial charge is 0.299 e. The van der Waals surface area contributed by atoms with Gasteiger partial charge in [0.25, 0.3) is 0 Å². The molecule has 0 N–H and O–H groups in total. The van der Waals surface area contributed by atoms with Crippen LogP contribution < -0.4 is 0 Å². The molecule has 0 spiro atoms. The zero-order valence-electron chi connectivity index (χ0n) is 6.18. The second-order valence-electron chi connectivity index (χ2n) is 2.25. The molecule has 0 aromatic heterocycles. The minimum absolute atomic E-state index is 0.852. The molecule has 0 aromatic rings. The first-order chi connectivity index (χ1) is 4.31. The Hall–Kier alpha value is -0.590. The van der Waals surface area contributed by atoms with Crippen molar-refractivity contribution in [2.75, 3.05) is 0 Å². The van der Waals surface area contributed by atoms with Crippen molar-refractivity contribution in [2.24, 2.45) is 0 Å². The first kappa shape index (κ1) is 8.41. The Morgan fingerprint density at radius 2 is 2.22 bits per heavy atom. The normalized spacial score (nSPS) is 11.6. The first-order valence-electron chi connectivity index (χ1n) is 3.42. The van der Waals surface area contributed by atoms with Gasteiger partial charge in [-0.1, -0.05) is 18.9 Å². The van der Waals surface area contributed by atoms with Crippen LogP contribution in [0.3, 0.4) is 0 Å². The van der Waals surface area contributed by atoms with Crippen LogP contribution in [0.1, 0.15) is 33.1 Å². The summed E-state index contributed by atoms with van der Waals surface area (Å²) in [5.74, 6) is 0. The third kappa shape index (κ3) is 5.28. The maximum absolute atomic E-state index is 9.90. The Kier molecular flexibility index (Phi) is 5.18. The molecular formula is C8H14O. The summed E-state index contributed by atoms with van der Waals surface area (Å²) >= 11 is 0. The van der Waals surface area contributed by atoms with Crippen LogP contribution in [0.5, 0.6) is 0 Å². The average Bonchev–Trinajstić information content (AvgIpc) is 1.85. The number of carbonyl (C=O) groups excluding carboxylic acids is 1. The van der Waals surface area contributed by atoms with E-state index in [4.69, 9.17) is 0 Å². The van der Waals surface area contributed by atoms with Crippen LogP contribution in [-0.4, -0.2) is 6.29 Å². The molecular weight excluding hydrogens is 112 g/mol. The van der Waals surface area contributed by atoms with E-state index in [0.717, 1.165) is 12.7 Å². The molecule has 0 amide bonds. The minimum atomic E-state index is 0.852. The fourth-order valence-electron chi connectivity index (χ4n) is 0.655. The molecule has 0 aliphatic heterocycles. The van der Waals surface area contributed by atoms with Gasteiger partial charge in [0, 0.05) is 0 Å². The van der Waals surface area contributed by atoms with Crippen molar-refractivity contribution in [3.63, 3.8) is 0 Å². The molecule has 52 valence electrons. The summed E-state index contributed by atoms with van der Waals surface area (Å²) in [5.41, 5.74) is 1.19. The van der Waals surface area contributed by atoms with Crippen molar-refractivity contribution < 1.29 is 4.79 Å². The summed E-state index contributed by atoms with van der Waals surface area (Å²) in [6.45, 7) is 4.14. The molecule has 0 aliphatic carbocycles. The van der Waals surface area contributed by atoms with Crippen molar-refractivity contribution >= 4 is 6.29 Å². The lowest BCUT2D eigenvalue weighted by Gasteiger charge is -1.94. The molecule has 0 heterocycles. The zero-order chi connectivity index (χ0) is 7.11. The molecule has 0 aromatic carbocycles. The van der Waals surface area contributed by atoms with Gasteiger partial charge >= 0.3 is 0 Å². The number of hydrogen-bond acceptors (Lipinski definition) is 1. The molecule has 0 fully saturated rings. The maximum Gasteiger partial charge on any atom is 0.142 e. The summed E-state index contributed by atoms with van der Waals surface area (Å²) in [4.78, 5) is 9.90. The number of hydrogen-bond donors (Lipinski definition) is 0. The number of allylic oxidation sites excluding steroid dienone is 2. The molecule has 0 saturated carbocycles. The lowest BCUT2D eigenvalue weighted by Crippen LogP contribution is -1.77. The smallest absolute Gasteiger partial charge is 0.142 e. The van der Waals surface area contributed by atoms with E-state index in [1.807, 2.05) is 6.92 Å². The summed E-state index contributed by atoms with van der Waals surface area (Å²) in [6.07, 6.45) is 5.94. The van der Waals surface area contributed by atoms with Crippen molar-refractivity contribution in [1.82, 2.24) is 0 Å². The minimum Gasteiger partial charge on any atom is -0.299 e. The van der Waals surface area contributed by atoms with Gasteiger partial charge in [-0.15, -0.1) is 0 Å². The highest BCUT2D eigenvalue weighted by atomic mass is 16.1. The molecule has 1 nitrogen and oxygen atoms in total. The van der Waals surface area contributed by atoms with Gasteiger partial charge in [-0.3, -0.25) is 4.79 Å². The summed E-state index contributed by atoms with van der Waals surface area (Å²) < 4.78 is 0. The first-order valence-corrected chi connectivity index (χ1v) is 3.42. The fraction of sp³-hybridized carbons (Fsp3) is 0.625. The van der Waals surface area contributed by atoms with Gasteiger partial charge in [0.1, 0.15) is 6.29 Å². The van der Waals surface area contributed by atoms with Gasteiger partial charge in [-0.25, -0.2) is 0 Å².